The molecule has 98 valence electrons. The van der Waals surface area contributed by atoms with Gasteiger partial charge in [0.2, 0.25) is 0 Å². The van der Waals surface area contributed by atoms with Gasteiger partial charge >= 0.3 is 0 Å². The van der Waals surface area contributed by atoms with E-state index in [2.05, 4.69) is 6.07 Å². The van der Waals surface area contributed by atoms with E-state index < -0.39 is 0 Å². The van der Waals surface area contributed by atoms with Crippen molar-refractivity contribution >= 4 is 6.29 Å². The lowest BCUT2D eigenvalue weighted by Crippen LogP contribution is -2.15. The van der Waals surface area contributed by atoms with Crippen LogP contribution in [0.25, 0.3) is 11.1 Å². The van der Waals surface area contributed by atoms with E-state index in [1.807, 2.05) is 24.3 Å². The molecule has 0 spiro atoms. The molecule has 1 aliphatic rings. The Morgan fingerprint density at radius 2 is 1.90 bits per heavy atom. The van der Waals surface area contributed by atoms with Crippen molar-refractivity contribution in [2.45, 2.75) is 0 Å². The van der Waals surface area contributed by atoms with Gasteiger partial charge in [-0.2, -0.15) is 5.26 Å². The lowest BCUT2D eigenvalue weighted by Gasteiger charge is -2.19. The monoisotopic (exact) mass is 265 g/mol. The highest BCUT2D eigenvalue weighted by Crippen LogP contribution is 2.35. The molecule has 1 heterocycles. The highest BCUT2D eigenvalue weighted by molar-refractivity contribution is 5.86. The Bertz CT molecular complexity index is 716. The number of nitriles is 1. The molecule has 0 aliphatic carbocycles. The first-order valence-corrected chi connectivity index (χ1v) is 6.22. The second-order valence-electron chi connectivity index (χ2n) is 4.36. The van der Waals surface area contributed by atoms with Crippen molar-refractivity contribution in [3.63, 3.8) is 0 Å². The molecule has 0 fully saturated rings. The summed E-state index contributed by atoms with van der Waals surface area (Å²) in [4.78, 5) is 11.0. The predicted molar refractivity (Wildman–Crippen MR) is 73.0 cm³/mol. The largest absolute Gasteiger partial charge is 0.486 e. The molecule has 0 N–H and O–H groups in total. The summed E-state index contributed by atoms with van der Waals surface area (Å²) < 4.78 is 11.0. The molecule has 0 radical (unpaired) electrons. The third-order valence-electron chi connectivity index (χ3n) is 3.19. The number of ether oxygens (including phenoxy) is 2. The zero-order valence-corrected chi connectivity index (χ0v) is 10.6. The second-order valence-corrected chi connectivity index (χ2v) is 4.36. The molecular formula is C16H11NO3. The third kappa shape index (κ3) is 1.99. The molecule has 20 heavy (non-hydrogen) atoms. The summed E-state index contributed by atoms with van der Waals surface area (Å²) in [5.74, 6) is 1.36. The zero-order valence-electron chi connectivity index (χ0n) is 10.6. The minimum atomic E-state index is 0.374. The molecule has 2 aromatic carbocycles. The fourth-order valence-corrected chi connectivity index (χ4v) is 2.24. The number of hydrogen-bond acceptors (Lipinski definition) is 4. The van der Waals surface area contributed by atoms with Crippen LogP contribution in [-0.4, -0.2) is 19.5 Å². The van der Waals surface area contributed by atoms with Gasteiger partial charge in [0.05, 0.1) is 5.56 Å². The van der Waals surface area contributed by atoms with Gasteiger partial charge in [-0.1, -0.05) is 24.3 Å². The Morgan fingerprint density at radius 1 is 1.10 bits per heavy atom. The van der Waals surface area contributed by atoms with E-state index in [0.717, 1.165) is 5.56 Å². The standard InChI is InChI=1S/C16H11NO3/c17-9-14-12(10-18)2-1-3-13(14)11-4-5-15-16(8-11)20-7-6-19-15/h1-5,8,10H,6-7H2. The van der Waals surface area contributed by atoms with Crippen molar-refractivity contribution in [3.05, 3.63) is 47.5 Å². The topological polar surface area (TPSA) is 59.3 Å². The summed E-state index contributed by atoms with van der Waals surface area (Å²) in [7, 11) is 0. The maximum Gasteiger partial charge on any atom is 0.161 e. The lowest BCUT2D eigenvalue weighted by molar-refractivity contribution is 0.112. The summed E-state index contributed by atoms with van der Waals surface area (Å²) in [5, 5.41) is 9.27. The maximum absolute atomic E-state index is 11.0. The predicted octanol–water partition coefficient (Wildman–Crippen LogP) is 2.81. The smallest absolute Gasteiger partial charge is 0.161 e. The van der Waals surface area contributed by atoms with Crippen molar-refractivity contribution in [1.29, 1.82) is 5.26 Å². The van der Waals surface area contributed by atoms with Crippen LogP contribution < -0.4 is 9.47 Å². The number of fused-ring (bicyclic) bond motifs is 1. The minimum absolute atomic E-state index is 0.374. The molecule has 0 saturated heterocycles. The Kier molecular flexibility index (Phi) is 3.10. The Labute approximate surface area is 116 Å². The Morgan fingerprint density at radius 3 is 2.65 bits per heavy atom. The highest BCUT2D eigenvalue weighted by atomic mass is 16.6. The summed E-state index contributed by atoms with van der Waals surface area (Å²) in [6.45, 7) is 1.05. The van der Waals surface area contributed by atoms with E-state index in [0.29, 0.717) is 47.7 Å². The quantitative estimate of drug-likeness (QED) is 0.783. The molecule has 0 atom stereocenters. The first kappa shape index (κ1) is 12.2. The average molecular weight is 265 g/mol. The normalized spacial score (nSPS) is 12.6. The first-order chi connectivity index (χ1) is 9.83. The Balaban J connectivity index is 2.14. The number of hydrogen-bond donors (Lipinski definition) is 0. The molecule has 4 nitrogen and oxygen atoms in total. The van der Waals surface area contributed by atoms with Gasteiger partial charge in [-0.25, -0.2) is 0 Å². The van der Waals surface area contributed by atoms with Gasteiger partial charge in [0.15, 0.2) is 17.8 Å². The summed E-state index contributed by atoms with van der Waals surface area (Å²) in [5.41, 5.74) is 2.31. The van der Waals surface area contributed by atoms with E-state index in [9.17, 15) is 10.1 Å². The molecule has 0 unspecified atom stereocenters. The molecule has 0 aromatic heterocycles. The highest BCUT2D eigenvalue weighted by Gasteiger charge is 2.15. The van der Waals surface area contributed by atoms with Gasteiger partial charge in [0.25, 0.3) is 0 Å². The van der Waals surface area contributed by atoms with Crippen molar-refractivity contribution < 1.29 is 14.3 Å². The summed E-state index contributed by atoms with van der Waals surface area (Å²) >= 11 is 0. The number of aldehydes is 1. The van der Waals surface area contributed by atoms with Crippen molar-refractivity contribution in [2.75, 3.05) is 13.2 Å². The molecule has 0 amide bonds. The summed E-state index contributed by atoms with van der Waals surface area (Å²) in [6.07, 6.45) is 0.695. The van der Waals surface area contributed by atoms with Gasteiger partial charge in [-0.15, -0.1) is 0 Å². The van der Waals surface area contributed by atoms with Gasteiger partial charge in [-0.05, 0) is 17.7 Å². The molecule has 3 rings (SSSR count). The number of rotatable bonds is 2. The average Bonchev–Trinajstić information content (AvgIpc) is 2.53. The van der Waals surface area contributed by atoms with E-state index in [1.54, 1.807) is 12.1 Å². The number of carbonyl (C=O) groups is 1. The van der Waals surface area contributed by atoms with Crippen LogP contribution in [0, 0.1) is 11.3 Å². The van der Waals surface area contributed by atoms with E-state index >= 15 is 0 Å². The second kappa shape index (κ2) is 5.06. The number of benzene rings is 2. The molecular weight excluding hydrogens is 254 g/mol. The van der Waals surface area contributed by atoms with Crippen LogP contribution in [0.1, 0.15) is 15.9 Å². The molecule has 0 saturated carbocycles. The zero-order chi connectivity index (χ0) is 13.9. The number of carbonyl (C=O) groups excluding carboxylic acids is 1. The molecule has 2 aromatic rings. The van der Waals surface area contributed by atoms with E-state index in [4.69, 9.17) is 9.47 Å². The van der Waals surface area contributed by atoms with E-state index in [-0.39, 0.29) is 0 Å². The minimum Gasteiger partial charge on any atom is -0.486 e. The van der Waals surface area contributed by atoms with Crippen LogP contribution in [0.4, 0.5) is 0 Å². The van der Waals surface area contributed by atoms with Gasteiger partial charge < -0.3 is 9.47 Å². The molecule has 4 heteroatoms. The Hall–Kier alpha value is -2.80. The molecule has 0 bridgehead atoms. The van der Waals surface area contributed by atoms with Crippen molar-refractivity contribution in [3.8, 4) is 28.7 Å². The summed E-state index contributed by atoms with van der Waals surface area (Å²) in [6, 6.07) is 12.8. The lowest BCUT2D eigenvalue weighted by atomic mass is 9.96. The van der Waals surface area contributed by atoms with Crippen LogP contribution in [0.15, 0.2) is 36.4 Å². The van der Waals surface area contributed by atoms with Gasteiger partial charge in [0.1, 0.15) is 19.3 Å². The fourth-order valence-electron chi connectivity index (χ4n) is 2.24. The van der Waals surface area contributed by atoms with Gasteiger partial charge in [-0.3, -0.25) is 4.79 Å². The third-order valence-corrected chi connectivity index (χ3v) is 3.19. The van der Waals surface area contributed by atoms with Crippen LogP contribution >= 0.6 is 0 Å². The molecule has 1 aliphatic heterocycles. The van der Waals surface area contributed by atoms with Crippen LogP contribution in [0.2, 0.25) is 0 Å². The van der Waals surface area contributed by atoms with Crippen LogP contribution in [0.3, 0.4) is 0 Å². The van der Waals surface area contributed by atoms with Crippen molar-refractivity contribution in [2.24, 2.45) is 0 Å². The first-order valence-electron chi connectivity index (χ1n) is 6.22. The van der Waals surface area contributed by atoms with Crippen molar-refractivity contribution in [1.82, 2.24) is 0 Å². The van der Waals surface area contributed by atoms with Gasteiger partial charge in [0, 0.05) is 11.1 Å². The number of nitrogens with zero attached hydrogens (tertiary/aromatic N) is 1. The SMILES string of the molecule is N#Cc1c(C=O)cccc1-c1ccc2c(c1)OCCO2. The fraction of sp³-hybridized carbons (Fsp3) is 0.125. The van der Waals surface area contributed by atoms with E-state index in [1.165, 1.54) is 0 Å². The van der Waals surface area contributed by atoms with Crippen LogP contribution in [-0.2, 0) is 0 Å². The maximum atomic E-state index is 11.0. The van der Waals surface area contributed by atoms with Crippen LogP contribution in [0.5, 0.6) is 11.5 Å².